The summed E-state index contributed by atoms with van der Waals surface area (Å²) in [4.78, 5) is 13.8. The Bertz CT molecular complexity index is 1470. The van der Waals surface area contributed by atoms with Gasteiger partial charge < -0.3 is 16.0 Å². The van der Waals surface area contributed by atoms with Crippen molar-refractivity contribution in [2.45, 2.75) is 60.0 Å². The number of para-hydroxylation sites is 1. The van der Waals surface area contributed by atoms with Gasteiger partial charge in [-0.1, -0.05) is 63.2 Å². The highest BCUT2D eigenvalue weighted by Crippen LogP contribution is 2.40. The minimum absolute atomic E-state index is 0.0832. The number of hydrogen-bond acceptors (Lipinski definition) is 3. The number of nitrogens with one attached hydrogen (secondary N) is 1. The van der Waals surface area contributed by atoms with E-state index in [4.69, 9.17) is 10.8 Å². The predicted molar refractivity (Wildman–Crippen MR) is 151 cm³/mol. The van der Waals surface area contributed by atoms with Crippen molar-refractivity contribution in [3.63, 3.8) is 0 Å². The molecule has 0 unspecified atom stereocenters. The number of nitrogens with zero attached hydrogens (tertiary/aromatic N) is 3. The summed E-state index contributed by atoms with van der Waals surface area (Å²) in [5.74, 6) is 0. The van der Waals surface area contributed by atoms with Gasteiger partial charge in [0.25, 0.3) is 0 Å². The van der Waals surface area contributed by atoms with Gasteiger partial charge in [-0.15, -0.1) is 0 Å². The summed E-state index contributed by atoms with van der Waals surface area (Å²) in [6, 6.07) is 20.4. The van der Waals surface area contributed by atoms with Gasteiger partial charge in [-0.25, -0.2) is 9.48 Å². The van der Waals surface area contributed by atoms with Crippen molar-refractivity contribution in [3.8, 4) is 16.9 Å². The van der Waals surface area contributed by atoms with Crippen LogP contribution in [0, 0.1) is 20.8 Å². The molecule has 2 heterocycles. The Kier molecular flexibility index (Phi) is 6.06. The number of aromatic nitrogens is 2. The SMILES string of the molecule is Cc1ccc(C(C)(C)C)cc1N1Cc2nn(-c3c(C)cccc3C)c(-c3ccc(NC(N)=O)cc3)c2C1. The maximum atomic E-state index is 11.3. The highest BCUT2D eigenvalue weighted by Gasteiger charge is 2.31. The number of fused-ring (bicyclic) bond motifs is 1. The van der Waals surface area contributed by atoms with Gasteiger partial charge in [-0.3, -0.25) is 0 Å². The van der Waals surface area contributed by atoms with Crippen molar-refractivity contribution >= 4 is 17.4 Å². The summed E-state index contributed by atoms with van der Waals surface area (Å²) >= 11 is 0. The van der Waals surface area contributed by atoms with Gasteiger partial charge in [-0.2, -0.15) is 5.10 Å². The quantitative estimate of drug-likeness (QED) is 0.329. The molecular weight excluding hydrogens is 458 g/mol. The lowest BCUT2D eigenvalue weighted by molar-refractivity contribution is 0.259. The first kappa shape index (κ1) is 24.6. The van der Waals surface area contributed by atoms with E-state index in [0.717, 1.165) is 35.7 Å². The molecule has 6 nitrogen and oxygen atoms in total. The number of urea groups is 1. The maximum absolute atomic E-state index is 11.3. The summed E-state index contributed by atoms with van der Waals surface area (Å²) in [5, 5.41) is 7.85. The smallest absolute Gasteiger partial charge is 0.316 e. The number of hydrogen-bond donors (Lipinski definition) is 2. The van der Waals surface area contributed by atoms with Crippen LogP contribution in [-0.4, -0.2) is 15.8 Å². The van der Waals surface area contributed by atoms with Crippen molar-refractivity contribution in [2.75, 3.05) is 10.2 Å². The van der Waals surface area contributed by atoms with Crippen LogP contribution in [0.25, 0.3) is 16.9 Å². The minimum atomic E-state index is -0.572. The van der Waals surface area contributed by atoms with Crippen molar-refractivity contribution < 1.29 is 4.79 Å². The van der Waals surface area contributed by atoms with Gasteiger partial charge in [0.1, 0.15) is 0 Å². The number of aryl methyl sites for hydroxylation is 3. The molecule has 3 aromatic carbocycles. The largest absolute Gasteiger partial charge is 0.361 e. The number of benzene rings is 3. The van der Waals surface area contributed by atoms with E-state index in [1.54, 1.807) is 0 Å². The monoisotopic (exact) mass is 493 g/mol. The van der Waals surface area contributed by atoms with E-state index in [-0.39, 0.29) is 5.41 Å². The van der Waals surface area contributed by atoms with Crippen molar-refractivity contribution in [1.29, 1.82) is 0 Å². The molecule has 0 saturated heterocycles. The number of anilines is 2. The molecule has 6 heteroatoms. The molecule has 5 rings (SSSR count). The third kappa shape index (κ3) is 4.59. The Morgan fingerprint density at radius 3 is 2.22 bits per heavy atom. The van der Waals surface area contributed by atoms with Crippen LogP contribution in [0.1, 0.15) is 54.3 Å². The van der Waals surface area contributed by atoms with Gasteiger partial charge in [0.15, 0.2) is 0 Å². The van der Waals surface area contributed by atoms with Crippen LogP contribution in [0.4, 0.5) is 16.2 Å². The van der Waals surface area contributed by atoms with E-state index in [1.807, 2.05) is 24.3 Å². The summed E-state index contributed by atoms with van der Waals surface area (Å²) in [6.07, 6.45) is 0. The topological polar surface area (TPSA) is 76.2 Å². The Balaban J connectivity index is 1.62. The minimum Gasteiger partial charge on any atom is -0.361 e. The maximum Gasteiger partial charge on any atom is 0.316 e. The lowest BCUT2D eigenvalue weighted by Crippen LogP contribution is -2.20. The van der Waals surface area contributed by atoms with Crippen LogP contribution in [0.3, 0.4) is 0 Å². The molecule has 0 atom stereocenters. The molecular formula is C31H35N5O. The number of carbonyl (C=O) groups is 1. The van der Waals surface area contributed by atoms with E-state index in [9.17, 15) is 4.79 Å². The van der Waals surface area contributed by atoms with Gasteiger partial charge in [0.2, 0.25) is 0 Å². The Morgan fingerprint density at radius 2 is 1.59 bits per heavy atom. The molecule has 0 saturated carbocycles. The molecule has 1 aliphatic rings. The zero-order chi connectivity index (χ0) is 26.5. The lowest BCUT2D eigenvalue weighted by atomic mass is 9.86. The number of amides is 2. The average molecular weight is 494 g/mol. The van der Waals surface area contributed by atoms with Crippen LogP contribution in [-0.2, 0) is 18.5 Å². The number of rotatable bonds is 4. The number of primary amides is 1. The van der Waals surface area contributed by atoms with E-state index < -0.39 is 6.03 Å². The van der Waals surface area contributed by atoms with E-state index >= 15 is 0 Å². The Hall–Kier alpha value is -4.06. The first-order valence-corrected chi connectivity index (χ1v) is 12.7. The standard InChI is InChI=1S/C31H35N5O/c1-19-10-13-23(31(4,5)6)16-27(19)35-17-25-26(18-35)34-36(28-20(2)8-7-9-21(28)3)29(25)22-11-14-24(15-12-22)33-30(32)37/h7-16H,17-18H2,1-6H3,(H3,32,33,37). The molecule has 0 aliphatic carbocycles. The fourth-order valence-electron chi connectivity index (χ4n) is 5.26. The first-order valence-electron chi connectivity index (χ1n) is 12.7. The third-order valence-corrected chi connectivity index (χ3v) is 7.25. The second kappa shape index (κ2) is 9.11. The van der Waals surface area contributed by atoms with Crippen molar-refractivity contribution in [2.24, 2.45) is 5.73 Å². The second-order valence-electron chi connectivity index (χ2n) is 11.1. The zero-order valence-electron chi connectivity index (χ0n) is 22.5. The molecule has 37 heavy (non-hydrogen) atoms. The predicted octanol–water partition coefficient (Wildman–Crippen LogP) is 6.77. The molecule has 0 radical (unpaired) electrons. The molecule has 190 valence electrons. The van der Waals surface area contributed by atoms with Gasteiger partial charge >= 0.3 is 6.03 Å². The van der Waals surface area contributed by atoms with E-state index in [1.165, 1.54) is 33.5 Å². The first-order chi connectivity index (χ1) is 17.5. The molecule has 3 N–H and O–H groups in total. The second-order valence-corrected chi connectivity index (χ2v) is 11.1. The molecule has 0 spiro atoms. The Morgan fingerprint density at radius 1 is 0.919 bits per heavy atom. The molecule has 1 aliphatic heterocycles. The summed E-state index contributed by atoms with van der Waals surface area (Å²) in [7, 11) is 0. The van der Waals surface area contributed by atoms with Crippen LogP contribution >= 0.6 is 0 Å². The molecule has 4 aromatic rings. The molecule has 0 fully saturated rings. The zero-order valence-corrected chi connectivity index (χ0v) is 22.5. The van der Waals surface area contributed by atoms with Crippen LogP contribution in [0.15, 0.2) is 60.7 Å². The fraction of sp³-hybridized carbons (Fsp3) is 0.290. The number of carbonyl (C=O) groups excluding carboxylic acids is 1. The summed E-state index contributed by atoms with van der Waals surface area (Å²) < 4.78 is 2.11. The van der Waals surface area contributed by atoms with E-state index in [2.05, 4.69) is 92.8 Å². The molecule has 2 amide bonds. The lowest BCUT2D eigenvalue weighted by Gasteiger charge is -2.26. The summed E-state index contributed by atoms with van der Waals surface area (Å²) in [6.45, 7) is 14.7. The van der Waals surface area contributed by atoms with Crippen molar-refractivity contribution in [3.05, 3.63) is 94.2 Å². The number of nitrogens with two attached hydrogens (primary N) is 1. The van der Waals surface area contributed by atoms with Crippen molar-refractivity contribution in [1.82, 2.24) is 9.78 Å². The fourth-order valence-corrected chi connectivity index (χ4v) is 5.26. The van der Waals surface area contributed by atoms with Gasteiger partial charge in [-0.05, 0) is 66.6 Å². The van der Waals surface area contributed by atoms with Crippen LogP contribution in [0.5, 0.6) is 0 Å². The molecule has 0 bridgehead atoms. The van der Waals surface area contributed by atoms with E-state index in [0.29, 0.717) is 5.69 Å². The normalized spacial score (nSPS) is 13.1. The third-order valence-electron chi connectivity index (χ3n) is 7.25. The van der Waals surface area contributed by atoms with Crippen LogP contribution < -0.4 is 16.0 Å². The van der Waals surface area contributed by atoms with Gasteiger partial charge in [0, 0.05) is 29.0 Å². The highest BCUT2D eigenvalue weighted by atomic mass is 16.2. The Labute approximate surface area is 219 Å². The van der Waals surface area contributed by atoms with Crippen LogP contribution in [0.2, 0.25) is 0 Å². The summed E-state index contributed by atoms with van der Waals surface area (Å²) in [5.41, 5.74) is 17.9. The van der Waals surface area contributed by atoms with Gasteiger partial charge in [0.05, 0.1) is 23.6 Å². The molecule has 1 aromatic heterocycles. The highest BCUT2D eigenvalue weighted by molar-refractivity contribution is 5.88. The average Bonchev–Trinajstić information content (AvgIpc) is 3.37.